The van der Waals surface area contributed by atoms with Crippen LogP contribution in [0.4, 0.5) is 4.39 Å². The molecule has 0 radical (unpaired) electrons. The van der Waals surface area contributed by atoms with Crippen molar-refractivity contribution in [3.05, 3.63) is 35.6 Å². The Bertz CT molecular complexity index is 447. The molecule has 116 valence electrons. The van der Waals surface area contributed by atoms with E-state index in [1.54, 1.807) is 0 Å². The van der Waals surface area contributed by atoms with Gasteiger partial charge >= 0.3 is 0 Å². The van der Waals surface area contributed by atoms with E-state index < -0.39 is 0 Å². The molecule has 1 heterocycles. The summed E-state index contributed by atoms with van der Waals surface area (Å²) in [7, 11) is 0. The number of aliphatic hydroxyl groups excluding tert-OH is 1. The van der Waals surface area contributed by atoms with Crippen LogP contribution in [0.2, 0.25) is 0 Å². The summed E-state index contributed by atoms with van der Waals surface area (Å²) >= 11 is 0. The number of rotatable bonds is 6. The van der Waals surface area contributed by atoms with Crippen LogP contribution in [0.15, 0.2) is 24.3 Å². The molecular weight excluding hydrogens is 267 g/mol. The van der Waals surface area contributed by atoms with Crippen molar-refractivity contribution in [2.24, 2.45) is 5.92 Å². The highest BCUT2D eigenvalue weighted by molar-refractivity contribution is 5.16. The van der Waals surface area contributed by atoms with Gasteiger partial charge < -0.3 is 10.0 Å². The molecule has 0 aromatic heterocycles. The lowest BCUT2D eigenvalue weighted by Crippen LogP contribution is -2.53. The highest BCUT2D eigenvalue weighted by Crippen LogP contribution is 2.30. The summed E-state index contributed by atoms with van der Waals surface area (Å²) in [6.45, 7) is 5.52. The van der Waals surface area contributed by atoms with Gasteiger partial charge in [0, 0.05) is 45.4 Å². The minimum absolute atomic E-state index is 0.181. The molecule has 0 spiro atoms. The van der Waals surface area contributed by atoms with Crippen molar-refractivity contribution >= 4 is 0 Å². The molecule has 21 heavy (non-hydrogen) atoms. The van der Waals surface area contributed by atoms with E-state index in [-0.39, 0.29) is 12.4 Å². The Morgan fingerprint density at radius 2 is 1.90 bits per heavy atom. The Kier molecular flexibility index (Phi) is 4.88. The first-order valence-corrected chi connectivity index (χ1v) is 8.06. The van der Waals surface area contributed by atoms with Crippen LogP contribution in [0.25, 0.3) is 0 Å². The normalized spacial score (nSPS) is 24.4. The van der Waals surface area contributed by atoms with Gasteiger partial charge in [-0.1, -0.05) is 12.1 Å². The molecule has 2 aliphatic rings. The van der Waals surface area contributed by atoms with E-state index in [9.17, 15) is 9.50 Å². The van der Waals surface area contributed by atoms with Crippen molar-refractivity contribution in [2.45, 2.75) is 31.8 Å². The number of hydrogen-bond acceptors (Lipinski definition) is 3. The third-order valence-corrected chi connectivity index (χ3v) is 4.66. The van der Waals surface area contributed by atoms with Gasteiger partial charge in [0.05, 0.1) is 0 Å². The summed E-state index contributed by atoms with van der Waals surface area (Å²) in [5.74, 6) is 0.739. The summed E-state index contributed by atoms with van der Waals surface area (Å²) in [6, 6.07) is 7.19. The number of aliphatic hydroxyl groups is 1. The minimum atomic E-state index is -0.181. The van der Waals surface area contributed by atoms with Gasteiger partial charge in [0.25, 0.3) is 0 Å². The van der Waals surface area contributed by atoms with Crippen molar-refractivity contribution in [1.29, 1.82) is 0 Å². The average Bonchev–Trinajstić information content (AvgIpc) is 3.28. The Hall–Kier alpha value is -0.970. The third kappa shape index (κ3) is 4.25. The summed E-state index contributed by atoms with van der Waals surface area (Å²) in [5, 5.41) is 9.32. The molecule has 3 rings (SSSR count). The highest BCUT2D eigenvalue weighted by atomic mass is 19.1. The van der Waals surface area contributed by atoms with Crippen LogP contribution in [0.3, 0.4) is 0 Å². The monoisotopic (exact) mass is 292 g/mol. The molecule has 1 N–H and O–H groups in total. The summed E-state index contributed by atoms with van der Waals surface area (Å²) in [4.78, 5) is 4.99. The lowest BCUT2D eigenvalue weighted by Gasteiger charge is -2.41. The number of hydrogen-bond donors (Lipinski definition) is 1. The van der Waals surface area contributed by atoms with E-state index in [0.717, 1.165) is 44.1 Å². The van der Waals surface area contributed by atoms with Crippen molar-refractivity contribution in [2.75, 3.05) is 32.8 Å². The average molecular weight is 292 g/mol. The van der Waals surface area contributed by atoms with Gasteiger partial charge in [-0.15, -0.1) is 0 Å². The fourth-order valence-corrected chi connectivity index (χ4v) is 3.24. The third-order valence-electron chi connectivity index (χ3n) is 4.66. The van der Waals surface area contributed by atoms with E-state index in [2.05, 4.69) is 9.80 Å². The molecule has 1 aliphatic heterocycles. The molecule has 2 fully saturated rings. The molecule has 0 amide bonds. The Labute approximate surface area is 126 Å². The largest absolute Gasteiger partial charge is 0.396 e. The molecule has 4 heteroatoms. The number of benzene rings is 1. The van der Waals surface area contributed by atoms with E-state index in [1.807, 2.05) is 12.1 Å². The minimum Gasteiger partial charge on any atom is -0.396 e. The summed E-state index contributed by atoms with van der Waals surface area (Å²) in [5.41, 5.74) is 1.15. The molecule has 1 aromatic rings. The van der Waals surface area contributed by atoms with Crippen molar-refractivity contribution in [3.8, 4) is 0 Å². The van der Waals surface area contributed by atoms with Gasteiger partial charge in [-0.05, 0) is 42.9 Å². The topological polar surface area (TPSA) is 26.7 Å². The van der Waals surface area contributed by atoms with Gasteiger partial charge in [0.15, 0.2) is 0 Å². The Balaban J connectivity index is 1.58. The number of piperazine rings is 1. The fourth-order valence-electron chi connectivity index (χ4n) is 3.24. The quantitative estimate of drug-likeness (QED) is 0.870. The van der Waals surface area contributed by atoms with E-state index in [4.69, 9.17) is 0 Å². The van der Waals surface area contributed by atoms with Crippen LogP contribution < -0.4 is 0 Å². The molecule has 1 saturated heterocycles. The van der Waals surface area contributed by atoms with Crippen LogP contribution in [-0.2, 0) is 6.54 Å². The van der Waals surface area contributed by atoms with E-state index in [1.165, 1.54) is 31.5 Å². The molecule has 1 atom stereocenters. The van der Waals surface area contributed by atoms with Crippen LogP contribution in [-0.4, -0.2) is 53.7 Å². The lowest BCUT2D eigenvalue weighted by molar-refractivity contribution is 0.0515. The number of nitrogens with zero attached hydrogens (tertiary/aromatic N) is 2. The van der Waals surface area contributed by atoms with E-state index >= 15 is 0 Å². The van der Waals surface area contributed by atoms with Gasteiger partial charge in [-0.3, -0.25) is 4.90 Å². The standard InChI is InChI=1S/C17H25FN2O/c18-16-5-3-15(4-6-16)12-20-9-8-19(11-14-1-2-14)13-17(20)7-10-21/h3-6,14,17,21H,1-2,7-13H2/t17-/m0/s1. The van der Waals surface area contributed by atoms with Gasteiger partial charge in [-0.25, -0.2) is 4.39 Å². The van der Waals surface area contributed by atoms with Gasteiger partial charge in [-0.2, -0.15) is 0 Å². The summed E-state index contributed by atoms with van der Waals surface area (Å²) < 4.78 is 13.0. The maximum absolute atomic E-state index is 13.0. The Morgan fingerprint density at radius 3 is 2.57 bits per heavy atom. The van der Waals surface area contributed by atoms with Crippen LogP contribution in [0.5, 0.6) is 0 Å². The van der Waals surface area contributed by atoms with Crippen LogP contribution >= 0.6 is 0 Å². The zero-order chi connectivity index (χ0) is 14.7. The maximum atomic E-state index is 13.0. The molecular formula is C17H25FN2O. The highest BCUT2D eigenvalue weighted by Gasteiger charge is 2.30. The zero-order valence-electron chi connectivity index (χ0n) is 12.5. The molecule has 0 unspecified atom stereocenters. The Morgan fingerprint density at radius 1 is 1.14 bits per heavy atom. The predicted molar refractivity (Wildman–Crippen MR) is 81.5 cm³/mol. The smallest absolute Gasteiger partial charge is 0.123 e. The molecule has 1 aliphatic carbocycles. The molecule has 0 bridgehead atoms. The SMILES string of the molecule is OCC[C@H]1CN(CC2CC2)CCN1Cc1ccc(F)cc1. The van der Waals surface area contributed by atoms with Crippen molar-refractivity contribution in [1.82, 2.24) is 9.80 Å². The second-order valence-electron chi connectivity index (χ2n) is 6.47. The van der Waals surface area contributed by atoms with E-state index in [0.29, 0.717) is 6.04 Å². The second-order valence-corrected chi connectivity index (χ2v) is 6.47. The number of halogens is 1. The predicted octanol–water partition coefficient (Wildman–Crippen LogP) is 2.10. The van der Waals surface area contributed by atoms with Crippen molar-refractivity contribution < 1.29 is 9.50 Å². The summed E-state index contributed by atoms with van der Waals surface area (Å²) in [6.07, 6.45) is 3.60. The second kappa shape index (κ2) is 6.86. The van der Waals surface area contributed by atoms with Gasteiger partial charge in [0.1, 0.15) is 5.82 Å². The molecule has 1 aromatic carbocycles. The molecule has 3 nitrogen and oxygen atoms in total. The first kappa shape index (κ1) is 14.9. The van der Waals surface area contributed by atoms with Crippen LogP contribution in [0, 0.1) is 11.7 Å². The zero-order valence-corrected chi connectivity index (χ0v) is 12.5. The lowest BCUT2D eigenvalue weighted by atomic mass is 10.1. The van der Waals surface area contributed by atoms with Gasteiger partial charge in [0.2, 0.25) is 0 Å². The maximum Gasteiger partial charge on any atom is 0.123 e. The van der Waals surface area contributed by atoms with Crippen LogP contribution in [0.1, 0.15) is 24.8 Å². The first-order valence-electron chi connectivity index (χ1n) is 8.06. The van der Waals surface area contributed by atoms with Crippen molar-refractivity contribution in [3.63, 3.8) is 0 Å². The molecule has 1 saturated carbocycles. The fraction of sp³-hybridized carbons (Fsp3) is 0.647. The first-order chi connectivity index (χ1) is 10.2.